The van der Waals surface area contributed by atoms with Crippen molar-refractivity contribution < 1.29 is 4.79 Å². The fourth-order valence-corrected chi connectivity index (χ4v) is 3.02. The number of carbonyl (C=O) groups is 1. The molecule has 0 aliphatic carbocycles. The van der Waals surface area contributed by atoms with Gasteiger partial charge in [-0.2, -0.15) is 0 Å². The van der Waals surface area contributed by atoms with Gasteiger partial charge in [0.25, 0.3) is 0 Å². The van der Waals surface area contributed by atoms with Crippen LogP contribution in [0.5, 0.6) is 0 Å². The van der Waals surface area contributed by atoms with Gasteiger partial charge in [0.05, 0.1) is 0 Å². The number of nitrogens with one attached hydrogen (secondary N) is 2. The first-order valence-electron chi connectivity index (χ1n) is 7.33. The van der Waals surface area contributed by atoms with E-state index in [-0.39, 0.29) is 30.3 Å². The molecule has 0 spiro atoms. The zero-order valence-corrected chi connectivity index (χ0v) is 15.0. The van der Waals surface area contributed by atoms with Gasteiger partial charge in [-0.1, -0.05) is 28.1 Å². The minimum absolute atomic E-state index is 0. The molecule has 1 fully saturated rings. The molecule has 3 atom stereocenters. The molecular formula is C16H24BrClN2O. The third-order valence-corrected chi connectivity index (χ3v) is 4.37. The SMILES string of the molecule is CC(Cc1ccc(Br)cc1)NC(=O)[C@H]1CCN[C@@H](C)C1.Cl. The van der Waals surface area contributed by atoms with E-state index in [2.05, 4.69) is 52.5 Å². The molecule has 118 valence electrons. The van der Waals surface area contributed by atoms with E-state index < -0.39 is 0 Å². The Labute approximate surface area is 141 Å². The van der Waals surface area contributed by atoms with E-state index in [9.17, 15) is 4.79 Å². The highest BCUT2D eigenvalue weighted by molar-refractivity contribution is 9.10. The summed E-state index contributed by atoms with van der Waals surface area (Å²) in [7, 11) is 0. The predicted molar refractivity (Wildman–Crippen MR) is 92.9 cm³/mol. The molecule has 21 heavy (non-hydrogen) atoms. The van der Waals surface area contributed by atoms with Crippen molar-refractivity contribution in [3.8, 4) is 0 Å². The summed E-state index contributed by atoms with van der Waals surface area (Å²) in [6, 6.07) is 8.89. The molecule has 2 rings (SSSR count). The van der Waals surface area contributed by atoms with E-state index in [1.54, 1.807) is 0 Å². The van der Waals surface area contributed by atoms with Crippen LogP contribution in [-0.2, 0) is 11.2 Å². The van der Waals surface area contributed by atoms with Crippen molar-refractivity contribution in [2.75, 3.05) is 6.54 Å². The Bertz CT molecular complexity index is 452. The average molecular weight is 376 g/mol. The molecule has 1 aliphatic heterocycles. The Morgan fingerprint density at radius 3 is 2.71 bits per heavy atom. The van der Waals surface area contributed by atoms with Crippen molar-refractivity contribution in [2.45, 2.75) is 45.2 Å². The Hall–Kier alpha value is -0.580. The van der Waals surface area contributed by atoms with Gasteiger partial charge < -0.3 is 10.6 Å². The molecule has 1 heterocycles. The number of hydrogen-bond donors (Lipinski definition) is 2. The van der Waals surface area contributed by atoms with Gasteiger partial charge in [-0.15, -0.1) is 12.4 Å². The van der Waals surface area contributed by atoms with E-state index >= 15 is 0 Å². The van der Waals surface area contributed by atoms with E-state index in [4.69, 9.17) is 0 Å². The van der Waals surface area contributed by atoms with Gasteiger partial charge in [0.15, 0.2) is 0 Å². The molecule has 1 aromatic rings. The van der Waals surface area contributed by atoms with Gasteiger partial charge in [-0.05, 0) is 57.4 Å². The quantitative estimate of drug-likeness (QED) is 0.847. The predicted octanol–water partition coefficient (Wildman–Crippen LogP) is 3.31. The second-order valence-corrected chi connectivity index (χ2v) is 6.73. The Balaban J connectivity index is 0.00000220. The summed E-state index contributed by atoms with van der Waals surface area (Å²) in [6.07, 6.45) is 2.76. The summed E-state index contributed by atoms with van der Waals surface area (Å²) in [5.74, 6) is 0.376. The largest absolute Gasteiger partial charge is 0.353 e. The minimum Gasteiger partial charge on any atom is -0.353 e. The first kappa shape index (κ1) is 18.5. The standard InChI is InChI=1S/C16H23BrN2O.ClH/c1-11-10-14(7-8-18-11)16(20)19-12(2)9-13-3-5-15(17)6-4-13;/h3-6,11-12,14,18H,7-10H2,1-2H3,(H,19,20);1H/t11-,12?,14-;/m0./s1. The van der Waals surface area contributed by atoms with Crippen LogP contribution in [-0.4, -0.2) is 24.5 Å². The van der Waals surface area contributed by atoms with Crippen LogP contribution >= 0.6 is 28.3 Å². The first-order valence-corrected chi connectivity index (χ1v) is 8.12. The lowest BCUT2D eigenvalue weighted by atomic mass is 9.92. The molecular weight excluding hydrogens is 352 g/mol. The van der Waals surface area contributed by atoms with Gasteiger partial charge in [-0.25, -0.2) is 0 Å². The smallest absolute Gasteiger partial charge is 0.223 e. The molecule has 0 aromatic heterocycles. The van der Waals surface area contributed by atoms with E-state index in [1.165, 1.54) is 5.56 Å². The summed E-state index contributed by atoms with van der Waals surface area (Å²) in [5, 5.41) is 6.54. The van der Waals surface area contributed by atoms with Crippen molar-refractivity contribution >= 4 is 34.2 Å². The molecule has 0 saturated carbocycles. The minimum atomic E-state index is 0. The number of benzene rings is 1. The maximum atomic E-state index is 12.3. The number of rotatable bonds is 4. The van der Waals surface area contributed by atoms with Crippen LogP contribution in [0, 0.1) is 5.92 Å². The van der Waals surface area contributed by atoms with Crippen LogP contribution in [0.2, 0.25) is 0 Å². The van der Waals surface area contributed by atoms with E-state index in [0.717, 1.165) is 30.3 Å². The zero-order chi connectivity index (χ0) is 14.5. The molecule has 1 saturated heterocycles. The highest BCUT2D eigenvalue weighted by atomic mass is 79.9. The topological polar surface area (TPSA) is 41.1 Å². The summed E-state index contributed by atoms with van der Waals surface area (Å²) in [6.45, 7) is 5.16. The third-order valence-electron chi connectivity index (χ3n) is 3.84. The van der Waals surface area contributed by atoms with E-state index in [1.807, 2.05) is 12.1 Å². The monoisotopic (exact) mass is 374 g/mol. The van der Waals surface area contributed by atoms with Gasteiger partial charge >= 0.3 is 0 Å². The lowest BCUT2D eigenvalue weighted by Gasteiger charge is -2.28. The van der Waals surface area contributed by atoms with Gasteiger partial charge in [0.1, 0.15) is 0 Å². The van der Waals surface area contributed by atoms with Crippen LogP contribution in [0.1, 0.15) is 32.3 Å². The number of halogens is 2. The maximum Gasteiger partial charge on any atom is 0.223 e. The summed E-state index contributed by atoms with van der Waals surface area (Å²) in [4.78, 5) is 12.3. The van der Waals surface area contributed by atoms with Gasteiger partial charge in [0, 0.05) is 22.5 Å². The average Bonchev–Trinajstić information content (AvgIpc) is 2.41. The Kier molecular flexibility index (Phi) is 7.71. The number of carbonyl (C=O) groups excluding carboxylic acids is 1. The van der Waals surface area contributed by atoms with Crippen LogP contribution in [0.15, 0.2) is 28.7 Å². The van der Waals surface area contributed by atoms with Crippen LogP contribution < -0.4 is 10.6 Å². The normalized spacial score (nSPS) is 23.0. The van der Waals surface area contributed by atoms with Crippen LogP contribution in [0.25, 0.3) is 0 Å². The Morgan fingerprint density at radius 1 is 1.43 bits per heavy atom. The maximum absolute atomic E-state index is 12.3. The first-order chi connectivity index (χ1) is 9.54. The number of hydrogen-bond acceptors (Lipinski definition) is 2. The van der Waals surface area contributed by atoms with Crippen molar-refractivity contribution in [3.05, 3.63) is 34.3 Å². The highest BCUT2D eigenvalue weighted by Crippen LogP contribution is 2.17. The molecule has 1 amide bonds. The third kappa shape index (κ3) is 5.97. The van der Waals surface area contributed by atoms with Gasteiger partial charge in [0.2, 0.25) is 5.91 Å². The van der Waals surface area contributed by atoms with Crippen molar-refractivity contribution in [1.29, 1.82) is 0 Å². The van der Waals surface area contributed by atoms with Crippen molar-refractivity contribution in [1.82, 2.24) is 10.6 Å². The number of amides is 1. The van der Waals surface area contributed by atoms with E-state index in [0.29, 0.717) is 6.04 Å². The van der Waals surface area contributed by atoms with Crippen LogP contribution in [0.4, 0.5) is 0 Å². The molecule has 0 bridgehead atoms. The lowest BCUT2D eigenvalue weighted by molar-refractivity contribution is -0.126. The summed E-state index contributed by atoms with van der Waals surface area (Å²) >= 11 is 3.43. The molecule has 0 radical (unpaired) electrons. The Morgan fingerprint density at radius 2 is 2.10 bits per heavy atom. The molecule has 1 unspecified atom stereocenters. The summed E-state index contributed by atoms with van der Waals surface area (Å²) < 4.78 is 1.08. The molecule has 5 heteroatoms. The van der Waals surface area contributed by atoms with Crippen molar-refractivity contribution in [2.24, 2.45) is 5.92 Å². The second kappa shape index (κ2) is 8.76. The number of piperidine rings is 1. The highest BCUT2D eigenvalue weighted by Gasteiger charge is 2.25. The van der Waals surface area contributed by atoms with Gasteiger partial charge in [-0.3, -0.25) is 4.79 Å². The molecule has 3 nitrogen and oxygen atoms in total. The molecule has 1 aliphatic rings. The van der Waals surface area contributed by atoms with Crippen molar-refractivity contribution in [3.63, 3.8) is 0 Å². The summed E-state index contributed by atoms with van der Waals surface area (Å²) in [5.41, 5.74) is 1.25. The fourth-order valence-electron chi connectivity index (χ4n) is 2.76. The van der Waals surface area contributed by atoms with Crippen LogP contribution in [0.3, 0.4) is 0 Å². The second-order valence-electron chi connectivity index (χ2n) is 5.82. The lowest BCUT2D eigenvalue weighted by Crippen LogP contribution is -2.45. The molecule has 2 N–H and O–H groups in total. The molecule has 1 aromatic carbocycles. The zero-order valence-electron chi connectivity index (χ0n) is 12.6. The fraction of sp³-hybridized carbons (Fsp3) is 0.562.